The maximum Gasteiger partial charge on any atom is 0.246 e. The van der Waals surface area contributed by atoms with E-state index in [1.807, 2.05) is 47.5 Å². The summed E-state index contributed by atoms with van der Waals surface area (Å²) in [6, 6.07) is 17.2. The van der Waals surface area contributed by atoms with E-state index >= 15 is 0 Å². The molecule has 1 fully saturated rings. The number of amides is 2. The second-order valence-electron chi connectivity index (χ2n) is 8.03. The zero-order valence-corrected chi connectivity index (χ0v) is 17.4. The molecule has 1 aliphatic rings. The van der Waals surface area contributed by atoms with Gasteiger partial charge in [0, 0.05) is 28.8 Å². The lowest BCUT2D eigenvalue weighted by atomic mass is 9.93. The summed E-state index contributed by atoms with van der Waals surface area (Å²) in [5.41, 5.74) is 3.25. The molecule has 0 bridgehead atoms. The molecule has 0 spiro atoms. The van der Waals surface area contributed by atoms with E-state index < -0.39 is 0 Å². The number of hydrogen-bond acceptors (Lipinski definition) is 3. The van der Waals surface area contributed by atoms with E-state index in [1.54, 1.807) is 12.1 Å². The summed E-state index contributed by atoms with van der Waals surface area (Å²) >= 11 is 0. The Balaban J connectivity index is 1.44. The lowest BCUT2D eigenvalue weighted by Gasteiger charge is -2.34. The standard InChI is InChI=1S/C25H26N4O2/c26-15-18-10-12-21(13-11-18)29(20-6-2-1-3-7-20)25(31)17-28-24(30)14-19-16-27-23-9-5-4-8-22(19)23/h4-5,8-13,16,20,27H,1-3,6-7,14,17H2,(H,28,30). The first-order valence-corrected chi connectivity index (χ1v) is 10.8. The van der Waals surface area contributed by atoms with Gasteiger partial charge >= 0.3 is 0 Å². The van der Waals surface area contributed by atoms with Gasteiger partial charge in [-0.1, -0.05) is 37.5 Å². The average Bonchev–Trinajstić information content (AvgIpc) is 3.22. The summed E-state index contributed by atoms with van der Waals surface area (Å²) in [4.78, 5) is 30.7. The summed E-state index contributed by atoms with van der Waals surface area (Å²) in [6.45, 7) is -0.0440. The molecule has 158 valence electrons. The zero-order chi connectivity index (χ0) is 21.6. The highest BCUT2D eigenvalue weighted by Crippen LogP contribution is 2.28. The molecule has 0 unspecified atom stereocenters. The number of benzene rings is 2. The van der Waals surface area contributed by atoms with E-state index in [-0.39, 0.29) is 30.8 Å². The van der Waals surface area contributed by atoms with Crippen LogP contribution < -0.4 is 10.2 Å². The molecule has 2 N–H and O–H groups in total. The highest BCUT2D eigenvalue weighted by molar-refractivity contribution is 5.98. The van der Waals surface area contributed by atoms with Crippen molar-refractivity contribution in [3.63, 3.8) is 0 Å². The van der Waals surface area contributed by atoms with Gasteiger partial charge in [0.2, 0.25) is 11.8 Å². The zero-order valence-electron chi connectivity index (χ0n) is 17.4. The van der Waals surface area contributed by atoms with E-state index in [0.29, 0.717) is 5.56 Å². The summed E-state index contributed by atoms with van der Waals surface area (Å²) in [6.07, 6.45) is 7.35. The molecule has 3 aromatic rings. The van der Waals surface area contributed by atoms with Crippen LogP contribution in [0, 0.1) is 11.3 Å². The van der Waals surface area contributed by atoms with Crippen molar-refractivity contribution in [3.05, 3.63) is 65.9 Å². The minimum atomic E-state index is -0.179. The monoisotopic (exact) mass is 414 g/mol. The molecule has 2 aromatic carbocycles. The van der Waals surface area contributed by atoms with Gasteiger partial charge in [0.05, 0.1) is 24.6 Å². The van der Waals surface area contributed by atoms with Gasteiger partial charge in [0.25, 0.3) is 0 Å². The predicted octanol–water partition coefficient (Wildman–Crippen LogP) is 4.06. The molecule has 0 saturated heterocycles. The Hall–Kier alpha value is -3.59. The number of aromatic nitrogens is 1. The van der Waals surface area contributed by atoms with Crippen molar-refractivity contribution in [2.75, 3.05) is 11.4 Å². The number of rotatable bonds is 6. The minimum Gasteiger partial charge on any atom is -0.361 e. The van der Waals surface area contributed by atoms with Crippen LogP contribution in [0.1, 0.15) is 43.2 Å². The van der Waals surface area contributed by atoms with Crippen LogP contribution in [0.3, 0.4) is 0 Å². The smallest absolute Gasteiger partial charge is 0.246 e. The average molecular weight is 415 g/mol. The fraction of sp³-hybridized carbons (Fsp3) is 0.320. The molecule has 6 heteroatoms. The largest absolute Gasteiger partial charge is 0.361 e. The Labute approximate surface area is 181 Å². The fourth-order valence-electron chi connectivity index (χ4n) is 4.37. The first-order valence-electron chi connectivity index (χ1n) is 10.8. The first kappa shape index (κ1) is 20.7. The van der Waals surface area contributed by atoms with Crippen LogP contribution in [0.4, 0.5) is 5.69 Å². The lowest BCUT2D eigenvalue weighted by Crippen LogP contribution is -2.46. The van der Waals surface area contributed by atoms with Crippen molar-refractivity contribution in [2.45, 2.75) is 44.6 Å². The molecule has 0 atom stereocenters. The van der Waals surface area contributed by atoms with Crippen molar-refractivity contribution in [1.29, 1.82) is 5.26 Å². The van der Waals surface area contributed by atoms with E-state index in [9.17, 15) is 9.59 Å². The number of nitrogens with zero attached hydrogens (tertiary/aromatic N) is 2. The molecule has 1 aromatic heterocycles. The number of fused-ring (bicyclic) bond motifs is 1. The normalized spacial score (nSPS) is 14.2. The number of para-hydroxylation sites is 1. The van der Waals surface area contributed by atoms with Gasteiger partial charge in [-0.15, -0.1) is 0 Å². The number of anilines is 1. The molecule has 0 aliphatic heterocycles. The molecular weight excluding hydrogens is 388 g/mol. The fourth-order valence-corrected chi connectivity index (χ4v) is 4.37. The third kappa shape index (κ3) is 4.77. The highest BCUT2D eigenvalue weighted by atomic mass is 16.2. The summed E-state index contributed by atoms with van der Waals surface area (Å²) in [5, 5.41) is 12.9. The van der Waals surface area contributed by atoms with Crippen molar-refractivity contribution in [2.24, 2.45) is 0 Å². The van der Waals surface area contributed by atoms with Crippen LogP contribution in [0.25, 0.3) is 10.9 Å². The molecule has 31 heavy (non-hydrogen) atoms. The molecule has 1 heterocycles. The van der Waals surface area contributed by atoms with Gasteiger partial charge in [-0.25, -0.2) is 0 Å². The second kappa shape index (κ2) is 9.48. The number of hydrogen-bond donors (Lipinski definition) is 2. The second-order valence-corrected chi connectivity index (χ2v) is 8.03. The molecule has 6 nitrogen and oxygen atoms in total. The maximum absolute atomic E-state index is 13.2. The molecule has 1 aliphatic carbocycles. The number of nitriles is 1. The van der Waals surface area contributed by atoms with Crippen LogP contribution in [0.5, 0.6) is 0 Å². The summed E-state index contributed by atoms with van der Waals surface area (Å²) in [7, 11) is 0. The molecular formula is C25H26N4O2. The van der Waals surface area contributed by atoms with E-state index in [2.05, 4.69) is 16.4 Å². The quantitative estimate of drug-likeness (QED) is 0.637. The van der Waals surface area contributed by atoms with Crippen molar-refractivity contribution in [1.82, 2.24) is 10.3 Å². The van der Waals surface area contributed by atoms with E-state index in [4.69, 9.17) is 5.26 Å². The molecule has 1 saturated carbocycles. The molecule has 2 amide bonds. The summed E-state index contributed by atoms with van der Waals surface area (Å²) in [5.74, 6) is -0.301. The SMILES string of the molecule is N#Cc1ccc(N(C(=O)CNC(=O)Cc2c[nH]c3ccccc23)C2CCCCC2)cc1. The van der Waals surface area contributed by atoms with Crippen LogP contribution >= 0.6 is 0 Å². The minimum absolute atomic E-state index is 0.0440. The van der Waals surface area contributed by atoms with Gasteiger partial charge in [0.1, 0.15) is 0 Å². The Morgan fingerprint density at radius 1 is 1.06 bits per heavy atom. The predicted molar refractivity (Wildman–Crippen MR) is 121 cm³/mol. The Morgan fingerprint density at radius 3 is 2.55 bits per heavy atom. The first-order chi connectivity index (χ1) is 15.2. The topological polar surface area (TPSA) is 89.0 Å². The third-order valence-corrected chi connectivity index (χ3v) is 5.95. The van der Waals surface area contributed by atoms with Gasteiger partial charge in [0.15, 0.2) is 0 Å². The van der Waals surface area contributed by atoms with E-state index in [0.717, 1.165) is 47.8 Å². The van der Waals surface area contributed by atoms with Crippen molar-refractivity contribution in [3.8, 4) is 6.07 Å². The number of carbonyl (C=O) groups excluding carboxylic acids is 2. The Morgan fingerprint density at radius 2 is 1.81 bits per heavy atom. The van der Waals surface area contributed by atoms with Gasteiger partial charge in [-0.05, 0) is 48.7 Å². The van der Waals surface area contributed by atoms with Gasteiger partial charge in [-0.2, -0.15) is 5.26 Å². The molecule has 0 radical (unpaired) electrons. The summed E-state index contributed by atoms with van der Waals surface area (Å²) < 4.78 is 0. The van der Waals surface area contributed by atoms with Crippen LogP contribution in [-0.4, -0.2) is 29.4 Å². The highest BCUT2D eigenvalue weighted by Gasteiger charge is 2.27. The lowest BCUT2D eigenvalue weighted by molar-refractivity contribution is -0.124. The van der Waals surface area contributed by atoms with Crippen LogP contribution in [0.15, 0.2) is 54.7 Å². The Bertz CT molecular complexity index is 1100. The number of nitrogens with one attached hydrogen (secondary N) is 2. The number of carbonyl (C=O) groups is 2. The third-order valence-electron chi connectivity index (χ3n) is 5.95. The van der Waals surface area contributed by atoms with Crippen LogP contribution in [0.2, 0.25) is 0 Å². The maximum atomic E-state index is 13.2. The van der Waals surface area contributed by atoms with E-state index in [1.165, 1.54) is 6.42 Å². The van der Waals surface area contributed by atoms with Crippen molar-refractivity contribution >= 4 is 28.4 Å². The van der Waals surface area contributed by atoms with Gasteiger partial charge in [-0.3, -0.25) is 9.59 Å². The van der Waals surface area contributed by atoms with Crippen molar-refractivity contribution < 1.29 is 9.59 Å². The number of H-pyrrole nitrogens is 1. The number of aromatic amines is 1. The molecule has 4 rings (SSSR count). The van der Waals surface area contributed by atoms with Gasteiger partial charge < -0.3 is 15.2 Å². The Kier molecular flexibility index (Phi) is 6.32. The van der Waals surface area contributed by atoms with Crippen LogP contribution in [-0.2, 0) is 16.0 Å².